The molecule has 0 saturated carbocycles. The highest BCUT2D eigenvalue weighted by Crippen LogP contribution is 2.33. The third-order valence-corrected chi connectivity index (χ3v) is 9.65. The molecule has 3 saturated heterocycles. The van der Waals surface area contributed by atoms with Gasteiger partial charge in [-0.2, -0.15) is 0 Å². The van der Waals surface area contributed by atoms with Gasteiger partial charge in [-0.25, -0.2) is 0 Å². The molecule has 4 heterocycles. The zero-order chi connectivity index (χ0) is 33.4. The molecule has 2 aromatic carbocycles. The quantitative estimate of drug-likeness (QED) is 0.154. The van der Waals surface area contributed by atoms with E-state index in [2.05, 4.69) is 40.2 Å². The summed E-state index contributed by atoms with van der Waals surface area (Å²) in [5.41, 5.74) is 3.23. The first kappa shape index (κ1) is 33.8. The summed E-state index contributed by atoms with van der Waals surface area (Å²) in [5, 5.41) is 82.5. The lowest BCUT2D eigenvalue weighted by Crippen LogP contribution is -2.58. The Hall–Kier alpha value is -3.08. The molecule has 252 valence electrons. The second-order valence-electron chi connectivity index (χ2n) is 12.9. The summed E-state index contributed by atoms with van der Waals surface area (Å²) in [6.45, 7) is 1.73. The van der Waals surface area contributed by atoms with Crippen molar-refractivity contribution >= 4 is 21.8 Å². The molecule has 0 spiro atoms. The molecule has 8 N–H and O–H groups in total. The van der Waals surface area contributed by atoms with Gasteiger partial charge in [0.15, 0.2) is 0 Å². The molecule has 6 rings (SSSR count). The Labute approximate surface area is 272 Å². The molecule has 0 amide bonds. The van der Waals surface area contributed by atoms with Crippen molar-refractivity contribution in [2.24, 2.45) is 5.92 Å². The van der Waals surface area contributed by atoms with Crippen LogP contribution in [-0.4, -0.2) is 145 Å². The van der Waals surface area contributed by atoms with Crippen molar-refractivity contribution < 1.29 is 50.3 Å². The van der Waals surface area contributed by atoms with Crippen LogP contribution in [0.2, 0.25) is 0 Å². The number of aliphatic hydroxyl groups excluding tert-OH is 8. The van der Waals surface area contributed by atoms with Gasteiger partial charge in [0.1, 0.15) is 61.0 Å². The molecule has 0 radical (unpaired) electrons. The number of benzene rings is 2. The van der Waals surface area contributed by atoms with E-state index in [0.29, 0.717) is 17.0 Å². The molecule has 10 atom stereocenters. The van der Waals surface area contributed by atoms with E-state index in [1.165, 1.54) is 0 Å². The fraction of sp³-hybridized carbons (Fsp3) is 0.543. The number of aliphatic hydroxyl groups is 8. The molecule has 3 aliphatic heterocycles. The lowest BCUT2D eigenvalue weighted by atomic mass is 9.95. The smallest absolute Gasteiger partial charge is 0.147 e. The number of rotatable bonds is 4. The van der Waals surface area contributed by atoms with E-state index in [0.717, 1.165) is 54.3 Å². The summed E-state index contributed by atoms with van der Waals surface area (Å²) < 4.78 is 13.4. The highest BCUT2D eigenvalue weighted by molar-refractivity contribution is 6.08. The van der Waals surface area contributed by atoms with Crippen molar-refractivity contribution in [2.75, 3.05) is 33.4 Å². The predicted octanol–water partition coefficient (Wildman–Crippen LogP) is -1.48. The van der Waals surface area contributed by atoms with Gasteiger partial charge in [0.2, 0.25) is 0 Å². The second kappa shape index (κ2) is 14.2. The van der Waals surface area contributed by atoms with Crippen LogP contribution in [-0.2, 0) is 16.0 Å². The molecule has 3 fully saturated rings. The highest BCUT2D eigenvalue weighted by Gasteiger charge is 2.43. The van der Waals surface area contributed by atoms with Gasteiger partial charge in [-0.05, 0) is 63.2 Å². The Morgan fingerprint density at radius 1 is 0.660 bits per heavy atom. The number of hydrogen-bond acceptors (Lipinski definition) is 11. The van der Waals surface area contributed by atoms with Crippen molar-refractivity contribution in [2.45, 2.75) is 80.4 Å². The number of nitrogens with zero attached hydrogens (tertiary/aromatic N) is 2. The largest absolute Gasteiger partial charge is 0.394 e. The minimum atomic E-state index is -1.50. The predicted molar refractivity (Wildman–Crippen MR) is 171 cm³/mol. The lowest BCUT2D eigenvalue weighted by Gasteiger charge is -2.37. The van der Waals surface area contributed by atoms with Crippen LogP contribution in [0.3, 0.4) is 0 Å². The van der Waals surface area contributed by atoms with Gasteiger partial charge in [0.05, 0.1) is 24.2 Å². The second-order valence-corrected chi connectivity index (χ2v) is 12.9. The van der Waals surface area contributed by atoms with Crippen molar-refractivity contribution in [3.8, 4) is 23.7 Å². The van der Waals surface area contributed by atoms with E-state index < -0.39 is 74.3 Å². The Bertz CT molecular complexity index is 1580. The van der Waals surface area contributed by atoms with Crippen LogP contribution in [0.5, 0.6) is 0 Å². The maximum atomic E-state index is 10.4. The van der Waals surface area contributed by atoms with Crippen molar-refractivity contribution in [1.82, 2.24) is 9.47 Å². The molecule has 12 nitrogen and oxygen atoms in total. The average molecular weight is 651 g/mol. The third-order valence-electron chi connectivity index (χ3n) is 9.65. The summed E-state index contributed by atoms with van der Waals surface area (Å²) in [7, 11) is 2.12. The SMILES string of the molecule is CN1CCC(Cn2c3cc(C#C[C@H]4O[C@H](CO)[C@@H](O)[C@H](O)[C@@H]4O)ccc3c3ccc(C#C[C@H]4O[C@H](CO)[C@@H](O)[C@H](O)[C@@H]4O)cc32)CC1. The van der Waals surface area contributed by atoms with E-state index >= 15 is 0 Å². The fourth-order valence-electron chi connectivity index (χ4n) is 6.70. The van der Waals surface area contributed by atoms with E-state index in [1.54, 1.807) is 0 Å². The summed E-state index contributed by atoms with van der Waals surface area (Å²) in [5.74, 6) is 12.2. The van der Waals surface area contributed by atoms with Gasteiger partial charge in [-0.1, -0.05) is 35.8 Å². The van der Waals surface area contributed by atoms with Crippen LogP contribution in [0.1, 0.15) is 24.0 Å². The van der Waals surface area contributed by atoms with Gasteiger partial charge < -0.3 is 59.8 Å². The van der Waals surface area contributed by atoms with Gasteiger partial charge in [0.25, 0.3) is 0 Å². The van der Waals surface area contributed by atoms with Gasteiger partial charge in [-0.15, -0.1) is 0 Å². The number of likely N-dealkylation sites (tertiary alicyclic amines) is 1. The maximum Gasteiger partial charge on any atom is 0.147 e. The Kier molecular flexibility index (Phi) is 10.2. The minimum absolute atomic E-state index is 0.442. The molecule has 0 aliphatic carbocycles. The Morgan fingerprint density at radius 2 is 1.11 bits per heavy atom. The van der Waals surface area contributed by atoms with Crippen LogP contribution in [0.25, 0.3) is 21.8 Å². The topological polar surface area (TPSA) is 188 Å². The minimum Gasteiger partial charge on any atom is -0.394 e. The standard InChI is InChI=1S/C35H42N2O10/c1-36-12-10-21(11-13-36)16-37-24-14-19(4-8-26-30(40)34(44)32(42)28(17-38)46-26)2-6-22(24)23-7-3-20(15-25(23)37)5-9-27-31(41)35(45)33(43)29(18-39)47-27/h2-3,6-7,14-15,21,26-35,38-45H,10-13,16-18H2,1H3/t26-,27-,28-,29-,30-,31-,32-,33-,34-,35-/m1/s1. The number of piperidine rings is 1. The molecular weight excluding hydrogens is 608 g/mol. The summed E-state index contributed by atoms with van der Waals surface area (Å²) in [4.78, 5) is 2.32. The van der Waals surface area contributed by atoms with Gasteiger partial charge >= 0.3 is 0 Å². The molecule has 0 bridgehead atoms. The molecular formula is C35H42N2O10. The zero-order valence-corrected chi connectivity index (χ0v) is 26.1. The highest BCUT2D eigenvalue weighted by atomic mass is 16.5. The van der Waals surface area contributed by atoms with Crippen molar-refractivity contribution in [1.29, 1.82) is 0 Å². The van der Waals surface area contributed by atoms with Crippen molar-refractivity contribution in [3.63, 3.8) is 0 Å². The fourth-order valence-corrected chi connectivity index (χ4v) is 6.70. The van der Waals surface area contributed by atoms with Gasteiger partial charge in [0, 0.05) is 28.4 Å². The van der Waals surface area contributed by atoms with E-state index in [4.69, 9.17) is 9.47 Å². The number of hydrogen-bond donors (Lipinski definition) is 8. The maximum absolute atomic E-state index is 10.4. The van der Waals surface area contributed by atoms with Crippen LogP contribution < -0.4 is 0 Å². The first-order chi connectivity index (χ1) is 22.6. The summed E-state index contributed by atoms with van der Waals surface area (Å²) in [6, 6.07) is 11.6. The van der Waals surface area contributed by atoms with Gasteiger partial charge in [-0.3, -0.25) is 0 Å². The lowest BCUT2D eigenvalue weighted by molar-refractivity contribution is -0.214. The Morgan fingerprint density at radius 3 is 1.53 bits per heavy atom. The first-order valence-electron chi connectivity index (χ1n) is 16.0. The number of ether oxygens (including phenoxy) is 2. The number of aromatic nitrogens is 1. The molecule has 1 aromatic heterocycles. The van der Waals surface area contributed by atoms with Crippen LogP contribution in [0, 0.1) is 29.6 Å². The molecule has 47 heavy (non-hydrogen) atoms. The van der Waals surface area contributed by atoms with E-state index in [-0.39, 0.29) is 0 Å². The molecule has 12 heteroatoms. The summed E-state index contributed by atoms with van der Waals surface area (Å²) >= 11 is 0. The average Bonchev–Trinajstić information content (AvgIpc) is 3.38. The van der Waals surface area contributed by atoms with Crippen LogP contribution in [0.15, 0.2) is 36.4 Å². The first-order valence-corrected chi connectivity index (χ1v) is 16.0. The molecule has 3 aliphatic rings. The monoisotopic (exact) mass is 650 g/mol. The van der Waals surface area contributed by atoms with Crippen molar-refractivity contribution in [3.05, 3.63) is 47.5 Å². The van der Waals surface area contributed by atoms with E-state index in [1.807, 2.05) is 36.4 Å². The molecule has 0 unspecified atom stereocenters. The third kappa shape index (κ3) is 6.78. The molecule has 3 aromatic rings. The van der Waals surface area contributed by atoms with Crippen LogP contribution >= 0.6 is 0 Å². The van der Waals surface area contributed by atoms with E-state index in [9.17, 15) is 40.9 Å². The normalized spacial score (nSPS) is 33.7. The number of fused-ring (bicyclic) bond motifs is 3. The Balaban J connectivity index is 1.36. The summed E-state index contributed by atoms with van der Waals surface area (Å²) in [6.07, 6.45) is -11.0. The van der Waals surface area contributed by atoms with Crippen LogP contribution in [0.4, 0.5) is 0 Å². The zero-order valence-electron chi connectivity index (χ0n) is 26.1.